The van der Waals surface area contributed by atoms with Crippen LogP contribution in [0.2, 0.25) is 0 Å². The van der Waals surface area contributed by atoms with Gasteiger partial charge >= 0.3 is 12.2 Å². The summed E-state index contributed by atoms with van der Waals surface area (Å²) in [6.07, 6.45) is -1.03. The number of benzene rings is 1. The Morgan fingerprint density at radius 1 is 1.19 bits per heavy atom. The van der Waals surface area contributed by atoms with Crippen LogP contribution < -0.4 is 5.32 Å². The Hall–Kier alpha value is -2.61. The molecular weight excluding hydrogens is 347 g/mol. The number of hydrogen-bond acceptors (Lipinski definition) is 3. The highest BCUT2D eigenvalue weighted by atomic mass is 19.4. The molecular formula is C18H18F3N3O2. The molecule has 1 aliphatic rings. The molecule has 138 valence electrons. The molecule has 0 saturated carbocycles. The Morgan fingerprint density at radius 3 is 2.54 bits per heavy atom. The summed E-state index contributed by atoms with van der Waals surface area (Å²) < 4.78 is 38.7. The van der Waals surface area contributed by atoms with Crippen LogP contribution in [-0.2, 0) is 11.8 Å². The second kappa shape index (κ2) is 6.95. The van der Waals surface area contributed by atoms with Gasteiger partial charge in [-0.05, 0) is 42.7 Å². The van der Waals surface area contributed by atoms with Crippen molar-refractivity contribution in [3.63, 3.8) is 0 Å². The monoisotopic (exact) mass is 365 g/mol. The quantitative estimate of drug-likeness (QED) is 0.854. The fourth-order valence-corrected chi connectivity index (χ4v) is 2.99. The van der Waals surface area contributed by atoms with E-state index in [1.807, 2.05) is 0 Å². The van der Waals surface area contributed by atoms with Crippen molar-refractivity contribution in [2.45, 2.75) is 24.6 Å². The molecule has 1 aromatic carbocycles. The van der Waals surface area contributed by atoms with E-state index in [4.69, 9.17) is 0 Å². The van der Waals surface area contributed by atoms with Gasteiger partial charge in [0.15, 0.2) is 0 Å². The molecule has 0 atom stereocenters. The maximum absolute atomic E-state index is 12.9. The number of aromatic nitrogens is 1. The van der Waals surface area contributed by atoms with Crippen LogP contribution in [0.3, 0.4) is 0 Å². The molecule has 0 unspecified atom stereocenters. The first-order valence-electron chi connectivity index (χ1n) is 8.14. The molecule has 26 heavy (non-hydrogen) atoms. The largest absolute Gasteiger partial charge is 0.416 e. The van der Waals surface area contributed by atoms with E-state index < -0.39 is 17.3 Å². The molecule has 2 N–H and O–H groups in total. The zero-order valence-electron chi connectivity index (χ0n) is 13.8. The van der Waals surface area contributed by atoms with Crippen molar-refractivity contribution < 1.29 is 23.1 Å². The van der Waals surface area contributed by atoms with E-state index >= 15 is 0 Å². The van der Waals surface area contributed by atoms with Crippen LogP contribution in [0.25, 0.3) is 0 Å². The van der Waals surface area contributed by atoms with Crippen LogP contribution in [0.15, 0.2) is 48.8 Å². The van der Waals surface area contributed by atoms with Crippen molar-refractivity contribution in [1.29, 1.82) is 0 Å². The molecule has 2 heterocycles. The van der Waals surface area contributed by atoms with Gasteiger partial charge in [0.1, 0.15) is 0 Å². The van der Waals surface area contributed by atoms with E-state index in [1.165, 1.54) is 23.2 Å². The second-order valence-electron chi connectivity index (χ2n) is 6.27. The Kier molecular flexibility index (Phi) is 4.86. The summed E-state index contributed by atoms with van der Waals surface area (Å²) in [4.78, 5) is 17.7. The smallest absolute Gasteiger partial charge is 0.385 e. The number of hydrogen-bond donors (Lipinski definition) is 2. The number of piperidine rings is 1. The summed E-state index contributed by atoms with van der Waals surface area (Å²) >= 11 is 0. The molecule has 0 spiro atoms. The number of halogens is 3. The lowest BCUT2D eigenvalue weighted by Crippen LogP contribution is -2.46. The van der Waals surface area contributed by atoms with Crippen molar-refractivity contribution in [2.24, 2.45) is 0 Å². The van der Waals surface area contributed by atoms with Gasteiger partial charge < -0.3 is 15.3 Å². The number of aliphatic hydroxyl groups is 1. The summed E-state index contributed by atoms with van der Waals surface area (Å²) in [5.41, 5.74) is -1.40. The summed E-state index contributed by atoms with van der Waals surface area (Å²) in [5.74, 6) is 0. The minimum atomic E-state index is -4.46. The van der Waals surface area contributed by atoms with Gasteiger partial charge in [-0.15, -0.1) is 0 Å². The van der Waals surface area contributed by atoms with E-state index in [-0.39, 0.29) is 37.5 Å². The first-order valence-corrected chi connectivity index (χ1v) is 8.14. The maximum Gasteiger partial charge on any atom is 0.416 e. The summed E-state index contributed by atoms with van der Waals surface area (Å²) in [6, 6.07) is 7.79. The lowest BCUT2D eigenvalue weighted by molar-refractivity contribution is -0.137. The molecule has 0 aliphatic carbocycles. The number of alkyl halides is 3. The second-order valence-corrected chi connectivity index (χ2v) is 6.27. The summed E-state index contributed by atoms with van der Waals surface area (Å²) in [7, 11) is 0. The van der Waals surface area contributed by atoms with Gasteiger partial charge in [0.05, 0.1) is 23.0 Å². The van der Waals surface area contributed by atoms with E-state index in [0.29, 0.717) is 5.69 Å². The highest BCUT2D eigenvalue weighted by Crippen LogP contribution is 2.36. The normalized spacial score (nSPS) is 17.0. The zero-order valence-corrected chi connectivity index (χ0v) is 13.8. The standard InChI is InChI=1S/C18H18F3N3O2/c19-18(20,21)14-4-1-3-13(11-14)17(26)6-9-24(10-7-17)16(25)23-15-5-2-8-22-12-15/h1-5,8,11-12,26H,6-7,9-10H2,(H,23,25). The van der Waals surface area contributed by atoms with Crippen LogP contribution in [0.5, 0.6) is 0 Å². The van der Waals surface area contributed by atoms with Gasteiger partial charge in [0, 0.05) is 19.3 Å². The van der Waals surface area contributed by atoms with Crippen LogP contribution >= 0.6 is 0 Å². The third-order valence-corrected chi connectivity index (χ3v) is 4.52. The molecule has 1 fully saturated rings. The van der Waals surface area contributed by atoms with Crippen LogP contribution in [-0.4, -0.2) is 34.1 Å². The number of anilines is 1. The minimum absolute atomic E-state index is 0.161. The zero-order chi connectivity index (χ0) is 18.8. The van der Waals surface area contributed by atoms with Gasteiger partial charge in [-0.25, -0.2) is 4.79 Å². The summed E-state index contributed by atoms with van der Waals surface area (Å²) in [5, 5.41) is 13.5. The number of amides is 2. The van der Waals surface area contributed by atoms with Crippen molar-refractivity contribution in [3.05, 3.63) is 59.9 Å². The number of nitrogens with zero attached hydrogens (tertiary/aromatic N) is 2. The Bertz CT molecular complexity index is 773. The van der Waals surface area contributed by atoms with Crippen LogP contribution in [0.4, 0.5) is 23.7 Å². The Morgan fingerprint density at radius 2 is 1.92 bits per heavy atom. The number of urea groups is 1. The third-order valence-electron chi connectivity index (χ3n) is 4.52. The third kappa shape index (κ3) is 3.96. The number of carbonyl (C=O) groups excluding carboxylic acids is 1. The molecule has 2 amide bonds. The number of nitrogens with one attached hydrogen (secondary N) is 1. The highest BCUT2D eigenvalue weighted by molar-refractivity contribution is 5.89. The van der Waals surface area contributed by atoms with Gasteiger partial charge in [-0.2, -0.15) is 13.2 Å². The van der Waals surface area contributed by atoms with Gasteiger partial charge in [-0.1, -0.05) is 12.1 Å². The van der Waals surface area contributed by atoms with Crippen molar-refractivity contribution in [3.8, 4) is 0 Å². The van der Waals surface area contributed by atoms with E-state index in [9.17, 15) is 23.1 Å². The van der Waals surface area contributed by atoms with Gasteiger partial charge in [0.25, 0.3) is 0 Å². The molecule has 1 aromatic heterocycles. The van der Waals surface area contributed by atoms with Crippen LogP contribution in [0.1, 0.15) is 24.0 Å². The van der Waals surface area contributed by atoms with E-state index in [1.54, 1.807) is 18.3 Å². The molecule has 0 radical (unpaired) electrons. The number of carbonyl (C=O) groups is 1. The Balaban J connectivity index is 1.66. The number of pyridine rings is 1. The number of rotatable bonds is 2. The Labute approximate surface area is 148 Å². The summed E-state index contributed by atoms with van der Waals surface area (Å²) in [6.45, 7) is 0.470. The molecule has 5 nitrogen and oxygen atoms in total. The van der Waals surface area contributed by atoms with Gasteiger partial charge in [0.2, 0.25) is 0 Å². The molecule has 1 saturated heterocycles. The van der Waals surface area contributed by atoms with Crippen molar-refractivity contribution in [2.75, 3.05) is 18.4 Å². The van der Waals surface area contributed by atoms with E-state index in [0.717, 1.165) is 12.1 Å². The first kappa shape index (κ1) is 18.2. The fraction of sp³-hybridized carbons (Fsp3) is 0.333. The highest BCUT2D eigenvalue weighted by Gasteiger charge is 2.38. The average molecular weight is 365 g/mol. The van der Waals surface area contributed by atoms with E-state index in [2.05, 4.69) is 10.3 Å². The molecule has 8 heteroatoms. The predicted molar refractivity (Wildman–Crippen MR) is 89.4 cm³/mol. The maximum atomic E-state index is 12.9. The van der Waals surface area contributed by atoms with Crippen molar-refractivity contribution >= 4 is 11.7 Å². The van der Waals surface area contributed by atoms with Crippen molar-refractivity contribution in [1.82, 2.24) is 9.88 Å². The average Bonchev–Trinajstić information content (AvgIpc) is 2.62. The first-order chi connectivity index (χ1) is 12.3. The molecule has 2 aromatic rings. The fourth-order valence-electron chi connectivity index (χ4n) is 2.99. The lowest BCUT2D eigenvalue weighted by Gasteiger charge is -2.38. The van der Waals surface area contributed by atoms with Crippen LogP contribution in [0, 0.1) is 0 Å². The molecule has 0 bridgehead atoms. The predicted octanol–water partition coefficient (Wildman–Crippen LogP) is 3.62. The molecule has 3 rings (SSSR count). The number of likely N-dealkylation sites (tertiary alicyclic amines) is 1. The molecule has 1 aliphatic heterocycles. The topological polar surface area (TPSA) is 65.5 Å². The minimum Gasteiger partial charge on any atom is -0.385 e. The van der Waals surface area contributed by atoms with Gasteiger partial charge in [-0.3, -0.25) is 4.98 Å². The lowest BCUT2D eigenvalue weighted by atomic mass is 9.84. The SMILES string of the molecule is O=C(Nc1cccnc1)N1CCC(O)(c2cccc(C(F)(F)F)c2)CC1.